The van der Waals surface area contributed by atoms with Crippen molar-refractivity contribution in [2.24, 2.45) is 4.99 Å². The quantitative estimate of drug-likeness (QED) is 0.391. The molecule has 0 aliphatic rings. The van der Waals surface area contributed by atoms with Gasteiger partial charge in [0.25, 0.3) is 0 Å². The van der Waals surface area contributed by atoms with Crippen LogP contribution in [-0.4, -0.2) is 36.8 Å². The number of guanidine groups is 1. The third-order valence-electron chi connectivity index (χ3n) is 3.24. The Morgan fingerprint density at radius 1 is 1.25 bits per heavy atom. The number of hydrogen-bond acceptors (Lipinski definition) is 2. The molecule has 1 aromatic carbocycles. The number of rotatable bonds is 7. The maximum Gasteiger partial charge on any atom is 0.191 e. The lowest BCUT2D eigenvalue weighted by Gasteiger charge is -2.18. The van der Waals surface area contributed by atoms with Crippen molar-refractivity contribution in [1.82, 2.24) is 15.2 Å². The number of nitrogens with one attached hydrogen (secondary N) is 2. The van der Waals surface area contributed by atoms with Crippen LogP contribution in [0.5, 0.6) is 5.75 Å². The van der Waals surface area contributed by atoms with Gasteiger partial charge < -0.3 is 19.9 Å². The van der Waals surface area contributed by atoms with Gasteiger partial charge in [0.05, 0.1) is 6.54 Å². The lowest BCUT2D eigenvalue weighted by atomic mass is 10.3. The van der Waals surface area contributed by atoms with E-state index in [9.17, 15) is 4.39 Å². The van der Waals surface area contributed by atoms with Gasteiger partial charge in [0.2, 0.25) is 0 Å². The molecule has 7 heteroatoms. The van der Waals surface area contributed by atoms with Crippen molar-refractivity contribution in [2.45, 2.75) is 19.6 Å². The Balaban J connectivity index is 0.00000288. The number of hydrogen-bond donors (Lipinski definition) is 2. The largest absolute Gasteiger partial charge is 0.489 e. The molecule has 1 atom stereocenters. The molecule has 0 amide bonds. The van der Waals surface area contributed by atoms with E-state index in [2.05, 4.69) is 20.2 Å². The van der Waals surface area contributed by atoms with E-state index in [4.69, 9.17) is 4.74 Å². The van der Waals surface area contributed by atoms with Crippen molar-refractivity contribution < 1.29 is 9.13 Å². The summed E-state index contributed by atoms with van der Waals surface area (Å²) in [5.41, 5.74) is 0. The van der Waals surface area contributed by atoms with Crippen LogP contribution in [0.2, 0.25) is 0 Å². The summed E-state index contributed by atoms with van der Waals surface area (Å²) in [5.74, 6) is 0.937. The molecule has 0 fully saturated rings. The van der Waals surface area contributed by atoms with Crippen LogP contribution in [0.4, 0.5) is 4.39 Å². The molecule has 0 aliphatic carbocycles. The first kappa shape index (κ1) is 20.3. The minimum atomic E-state index is -0.301. The number of aliphatic imine (C=N–C) groups is 1. The Labute approximate surface area is 159 Å². The van der Waals surface area contributed by atoms with Gasteiger partial charge in [0, 0.05) is 38.6 Å². The average molecular weight is 446 g/mol. The summed E-state index contributed by atoms with van der Waals surface area (Å²) >= 11 is 0. The summed E-state index contributed by atoms with van der Waals surface area (Å²) in [7, 11) is 1.73. The second kappa shape index (κ2) is 10.9. The minimum Gasteiger partial charge on any atom is -0.489 e. The van der Waals surface area contributed by atoms with Crippen molar-refractivity contribution in [2.75, 3.05) is 20.1 Å². The Morgan fingerprint density at radius 2 is 2.00 bits per heavy atom. The van der Waals surface area contributed by atoms with Crippen molar-refractivity contribution in [3.63, 3.8) is 0 Å². The third kappa shape index (κ3) is 7.20. The van der Waals surface area contributed by atoms with E-state index in [1.165, 1.54) is 12.1 Å². The summed E-state index contributed by atoms with van der Waals surface area (Å²) in [6, 6.07) is 10.1. The van der Waals surface area contributed by atoms with E-state index < -0.39 is 0 Å². The SMILES string of the molecule is CN=C(NCCn1cccc1)NCC(C)Oc1cccc(F)c1.I. The van der Waals surface area contributed by atoms with Crippen molar-refractivity contribution in [3.05, 3.63) is 54.6 Å². The van der Waals surface area contributed by atoms with E-state index in [0.29, 0.717) is 18.3 Å². The summed E-state index contributed by atoms with van der Waals surface area (Å²) in [6.07, 6.45) is 3.93. The molecule has 1 aromatic heterocycles. The van der Waals surface area contributed by atoms with Crippen LogP contribution >= 0.6 is 24.0 Å². The summed E-state index contributed by atoms with van der Waals surface area (Å²) in [5, 5.41) is 6.43. The molecule has 2 N–H and O–H groups in total. The number of aromatic nitrogens is 1. The first-order valence-corrected chi connectivity index (χ1v) is 7.65. The fourth-order valence-electron chi connectivity index (χ4n) is 2.10. The first-order chi connectivity index (χ1) is 11.2. The number of benzene rings is 1. The van der Waals surface area contributed by atoms with Crippen LogP contribution in [0, 0.1) is 5.82 Å². The molecule has 0 spiro atoms. The molecule has 132 valence electrons. The molecule has 2 aromatic rings. The highest BCUT2D eigenvalue weighted by molar-refractivity contribution is 14.0. The smallest absolute Gasteiger partial charge is 0.191 e. The topological polar surface area (TPSA) is 50.6 Å². The highest BCUT2D eigenvalue weighted by Crippen LogP contribution is 2.13. The lowest BCUT2D eigenvalue weighted by molar-refractivity contribution is 0.223. The number of nitrogens with zero attached hydrogens (tertiary/aromatic N) is 2. The lowest BCUT2D eigenvalue weighted by Crippen LogP contribution is -2.42. The average Bonchev–Trinajstić information content (AvgIpc) is 3.04. The maximum absolute atomic E-state index is 13.1. The van der Waals surface area contributed by atoms with E-state index in [1.807, 2.05) is 31.5 Å². The van der Waals surface area contributed by atoms with Crippen molar-refractivity contribution >= 4 is 29.9 Å². The predicted molar refractivity (Wildman–Crippen MR) is 106 cm³/mol. The van der Waals surface area contributed by atoms with Gasteiger partial charge in [-0.3, -0.25) is 4.99 Å². The van der Waals surface area contributed by atoms with Gasteiger partial charge in [-0.05, 0) is 31.2 Å². The van der Waals surface area contributed by atoms with Crippen LogP contribution < -0.4 is 15.4 Å². The van der Waals surface area contributed by atoms with Gasteiger partial charge in [-0.25, -0.2) is 4.39 Å². The van der Waals surface area contributed by atoms with Crippen LogP contribution in [0.1, 0.15) is 6.92 Å². The monoisotopic (exact) mass is 446 g/mol. The van der Waals surface area contributed by atoms with Gasteiger partial charge in [0.1, 0.15) is 17.7 Å². The molecule has 5 nitrogen and oxygen atoms in total. The number of halogens is 2. The fourth-order valence-corrected chi connectivity index (χ4v) is 2.10. The van der Waals surface area contributed by atoms with Gasteiger partial charge >= 0.3 is 0 Å². The first-order valence-electron chi connectivity index (χ1n) is 7.65. The standard InChI is InChI=1S/C17H23FN4O.HI/c1-14(23-16-7-5-6-15(18)12-16)13-21-17(19-2)20-8-11-22-9-3-4-10-22;/h3-7,9-10,12,14H,8,11,13H2,1-2H3,(H2,19,20,21);1H. The van der Waals surface area contributed by atoms with Gasteiger partial charge in [-0.1, -0.05) is 6.07 Å². The zero-order valence-electron chi connectivity index (χ0n) is 13.9. The molecular weight excluding hydrogens is 422 g/mol. The molecule has 24 heavy (non-hydrogen) atoms. The van der Waals surface area contributed by atoms with Gasteiger partial charge in [-0.2, -0.15) is 0 Å². The van der Waals surface area contributed by atoms with Gasteiger partial charge in [0.15, 0.2) is 5.96 Å². The minimum absolute atomic E-state index is 0. The highest BCUT2D eigenvalue weighted by Gasteiger charge is 2.06. The van der Waals surface area contributed by atoms with E-state index in [-0.39, 0.29) is 35.9 Å². The summed E-state index contributed by atoms with van der Waals surface area (Å²) < 4.78 is 20.9. The molecule has 0 saturated heterocycles. The maximum atomic E-state index is 13.1. The highest BCUT2D eigenvalue weighted by atomic mass is 127. The number of ether oxygens (including phenoxy) is 1. The molecule has 0 radical (unpaired) electrons. The summed E-state index contributed by atoms with van der Waals surface area (Å²) in [6.45, 7) is 4.13. The molecular formula is C17H24FIN4O. The fraction of sp³-hybridized carbons (Fsp3) is 0.353. The zero-order chi connectivity index (χ0) is 16.5. The Hall–Kier alpha value is -1.77. The van der Waals surface area contributed by atoms with E-state index >= 15 is 0 Å². The van der Waals surface area contributed by atoms with Crippen molar-refractivity contribution in [1.29, 1.82) is 0 Å². The molecule has 1 heterocycles. The Bertz CT molecular complexity index is 619. The van der Waals surface area contributed by atoms with Gasteiger partial charge in [-0.15, -0.1) is 24.0 Å². The zero-order valence-corrected chi connectivity index (χ0v) is 16.2. The van der Waals surface area contributed by atoms with Crippen LogP contribution in [0.3, 0.4) is 0 Å². The van der Waals surface area contributed by atoms with Crippen molar-refractivity contribution in [3.8, 4) is 5.75 Å². The van der Waals surface area contributed by atoms with Crippen LogP contribution in [-0.2, 0) is 6.54 Å². The molecule has 1 unspecified atom stereocenters. The normalized spacial score (nSPS) is 12.2. The Kier molecular flexibility index (Phi) is 9.21. The second-order valence-corrected chi connectivity index (χ2v) is 5.19. The van der Waals surface area contributed by atoms with E-state index in [1.54, 1.807) is 19.2 Å². The molecule has 2 rings (SSSR count). The predicted octanol–water partition coefficient (Wildman–Crippen LogP) is 2.88. The Morgan fingerprint density at radius 3 is 2.67 bits per heavy atom. The second-order valence-electron chi connectivity index (χ2n) is 5.19. The third-order valence-corrected chi connectivity index (χ3v) is 3.24. The molecule has 0 saturated carbocycles. The summed E-state index contributed by atoms with van der Waals surface area (Å²) in [4.78, 5) is 4.17. The van der Waals surface area contributed by atoms with E-state index in [0.717, 1.165) is 13.1 Å². The molecule has 0 bridgehead atoms. The molecule has 0 aliphatic heterocycles. The van der Waals surface area contributed by atoms with Crippen LogP contribution in [0.15, 0.2) is 53.8 Å². The van der Waals surface area contributed by atoms with Crippen LogP contribution in [0.25, 0.3) is 0 Å².